The highest BCUT2D eigenvalue weighted by molar-refractivity contribution is 14.1. The maximum Gasteiger partial charge on any atom is 0.196 e. The van der Waals surface area contributed by atoms with Gasteiger partial charge in [-0.1, -0.05) is 36.4 Å². The molecule has 0 amide bonds. The molecule has 0 saturated carbocycles. The number of nitrogens with zero attached hydrogens (tertiary/aromatic N) is 2. The number of aromatic nitrogens is 2. The van der Waals surface area contributed by atoms with E-state index in [1.54, 1.807) is 11.3 Å². The van der Waals surface area contributed by atoms with Crippen LogP contribution in [0.5, 0.6) is 0 Å². The average molecular weight is 459 g/mol. The number of para-hydroxylation sites is 1. The fourth-order valence-electron chi connectivity index (χ4n) is 3.08. The second kappa shape index (κ2) is 6.46. The van der Waals surface area contributed by atoms with Gasteiger partial charge in [0.05, 0.1) is 0 Å². The van der Waals surface area contributed by atoms with E-state index in [1.807, 2.05) is 0 Å². The normalized spacial score (nSPS) is 11.2. The molecule has 2 heterocycles. The van der Waals surface area contributed by atoms with Gasteiger partial charge in [0.2, 0.25) is 0 Å². The van der Waals surface area contributed by atoms with E-state index >= 15 is 0 Å². The number of fused-ring (bicyclic) bond motifs is 1. The molecule has 2 aromatic heterocycles. The highest BCUT2D eigenvalue weighted by Gasteiger charge is 2.19. The third kappa shape index (κ3) is 2.85. The van der Waals surface area contributed by atoms with Crippen LogP contribution in [-0.4, -0.2) is 9.38 Å². The van der Waals surface area contributed by atoms with Crippen LogP contribution >= 0.6 is 33.9 Å². The Bertz CT molecular complexity index is 1060. The van der Waals surface area contributed by atoms with E-state index < -0.39 is 0 Å². The molecule has 0 aliphatic rings. The molecule has 126 valence electrons. The summed E-state index contributed by atoms with van der Waals surface area (Å²) in [6, 6.07) is 14.8. The largest absolute Gasteiger partial charge is 0.339 e. The lowest BCUT2D eigenvalue weighted by atomic mass is 10.1. The third-order valence-corrected chi connectivity index (χ3v) is 6.27. The Balaban J connectivity index is 1.97. The SMILES string of the molecule is Cc1cccc(C)c1Nc1c(-c2ccccc2I)nc2scc(C)n12. The summed E-state index contributed by atoms with van der Waals surface area (Å²) >= 11 is 4.06. The van der Waals surface area contributed by atoms with E-state index in [0.717, 1.165) is 27.7 Å². The van der Waals surface area contributed by atoms with Crippen molar-refractivity contribution in [1.82, 2.24) is 9.38 Å². The number of hydrogen-bond donors (Lipinski definition) is 1. The van der Waals surface area contributed by atoms with Gasteiger partial charge in [-0.15, -0.1) is 11.3 Å². The Morgan fingerprint density at radius 2 is 1.72 bits per heavy atom. The number of aryl methyl sites for hydroxylation is 3. The molecule has 0 unspecified atom stereocenters. The number of nitrogens with one attached hydrogen (secondary N) is 1. The lowest BCUT2D eigenvalue weighted by Crippen LogP contribution is -2.01. The van der Waals surface area contributed by atoms with Crippen molar-refractivity contribution in [1.29, 1.82) is 0 Å². The minimum atomic E-state index is 1.00. The molecule has 0 aliphatic carbocycles. The van der Waals surface area contributed by atoms with Crippen molar-refractivity contribution in [3.8, 4) is 11.3 Å². The quantitative estimate of drug-likeness (QED) is 0.363. The van der Waals surface area contributed by atoms with Crippen LogP contribution < -0.4 is 5.32 Å². The first-order valence-corrected chi connectivity index (χ1v) is 10.1. The smallest absolute Gasteiger partial charge is 0.196 e. The highest BCUT2D eigenvalue weighted by Crippen LogP contribution is 2.37. The molecule has 3 nitrogen and oxygen atoms in total. The van der Waals surface area contributed by atoms with Crippen LogP contribution in [-0.2, 0) is 0 Å². The van der Waals surface area contributed by atoms with Crippen molar-refractivity contribution in [3.05, 3.63) is 68.2 Å². The van der Waals surface area contributed by atoms with Gasteiger partial charge in [0.1, 0.15) is 11.5 Å². The summed E-state index contributed by atoms with van der Waals surface area (Å²) in [6.45, 7) is 6.40. The summed E-state index contributed by atoms with van der Waals surface area (Å²) in [7, 11) is 0. The molecule has 0 saturated heterocycles. The minimum Gasteiger partial charge on any atom is -0.339 e. The molecule has 4 aromatic rings. The molecule has 0 atom stereocenters. The molecule has 0 aliphatic heterocycles. The summed E-state index contributed by atoms with van der Waals surface area (Å²) < 4.78 is 3.42. The zero-order chi connectivity index (χ0) is 17.6. The Morgan fingerprint density at radius 3 is 2.44 bits per heavy atom. The van der Waals surface area contributed by atoms with E-state index in [9.17, 15) is 0 Å². The summed E-state index contributed by atoms with van der Waals surface area (Å²) in [6.07, 6.45) is 0. The number of hydrogen-bond acceptors (Lipinski definition) is 3. The molecule has 4 rings (SSSR count). The fourth-order valence-corrected chi connectivity index (χ4v) is 4.59. The van der Waals surface area contributed by atoms with Crippen molar-refractivity contribution in [2.24, 2.45) is 0 Å². The molecular weight excluding hydrogens is 441 g/mol. The Kier molecular flexibility index (Phi) is 4.29. The van der Waals surface area contributed by atoms with Crippen LogP contribution in [0.2, 0.25) is 0 Å². The zero-order valence-electron chi connectivity index (χ0n) is 14.3. The summed E-state index contributed by atoms with van der Waals surface area (Å²) in [5.41, 5.74) is 6.98. The van der Waals surface area contributed by atoms with E-state index in [-0.39, 0.29) is 0 Å². The Morgan fingerprint density at radius 1 is 1.00 bits per heavy atom. The summed E-state index contributed by atoms with van der Waals surface area (Å²) in [4.78, 5) is 5.95. The molecule has 0 bridgehead atoms. The van der Waals surface area contributed by atoms with Crippen LogP contribution in [0.4, 0.5) is 11.5 Å². The Hall–Kier alpha value is -1.86. The minimum absolute atomic E-state index is 1.00. The van der Waals surface area contributed by atoms with Gasteiger partial charge >= 0.3 is 0 Å². The topological polar surface area (TPSA) is 29.3 Å². The molecule has 25 heavy (non-hydrogen) atoms. The van der Waals surface area contributed by atoms with Gasteiger partial charge in [-0.3, -0.25) is 4.40 Å². The number of anilines is 2. The highest BCUT2D eigenvalue weighted by atomic mass is 127. The predicted molar refractivity (Wildman–Crippen MR) is 115 cm³/mol. The van der Waals surface area contributed by atoms with Gasteiger partial charge in [0, 0.05) is 25.9 Å². The van der Waals surface area contributed by atoms with Gasteiger partial charge < -0.3 is 5.32 Å². The molecule has 2 aromatic carbocycles. The van der Waals surface area contributed by atoms with Gasteiger partial charge in [0.15, 0.2) is 4.96 Å². The van der Waals surface area contributed by atoms with Crippen molar-refractivity contribution in [2.75, 3.05) is 5.32 Å². The number of benzene rings is 2. The number of halogens is 1. The van der Waals surface area contributed by atoms with Crippen LogP contribution in [0.15, 0.2) is 47.8 Å². The third-order valence-electron chi connectivity index (χ3n) is 4.39. The maximum absolute atomic E-state index is 4.93. The lowest BCUT2D eigenvalue weighted by Gasteiger charge is -2.14. The molecule has 5 heteroatoms. The first kappa shape index (κ1) is 16.6. The van der Waals surface area contributed by atoms with Gasteiger partial charge in [-0.05, 0) is 60.6 Å². The number of imidazole rings is 1. The number of thiazole rings is 1. The average Bonchev–Trinajstić information content (AvgIpc) is 3.12. The van der Waals surface area contributed by atoms with Crippen LogP contribution in [0.25, 0.3) is 16.2 Å². The van der Waals surface area contributed by atoms with Crippen molar-refractivity contribution < 1.29 is 0 Å². The molecule has 0 fully saturated rings. The second-order valence-corrected chi connectivity index (χ2v) is 8.17. The first-order valence-electron chi connectivity index (χ1n) is 8.11. The molecule has 0 spiro atoms. The van der Waals surface area contributed by atoms with E-state index in [1.165, 1.54) is 20.4 Å². The molecule has 1 N–H and O–H groups in total. The van der Waals surface area contributed by atoms with Crippen LogP contribution in [0.3, 0.4) is 0 Å². The fraction of sp³-hybridized carbons (Fsp3) is 0.150. The van der Waals surface area contributed by atoms with Crippen molar-refractivity contribution in [2.45, 2.75) is 20.8 Å². The molecular formula is C20H18IN3S. The standard InChI is InChI=1S/C20H18IN3S/c1-12-7-6-8-13(2)17(12)22-19-18(15-9-4-5-10-16(15)21)23-20-24(19)14(3)11-25-20/h4-11,22H,1-3H3. The van der Waals surface area contributed by atoms with Crippen LogP contribution in [0.1, 0.15) is 16.8 Å². The van der Waals surface area contributed by atoms with Crippen molar-refractivity contribution in [3.63, 3.8) is 0 Å². The van der Waals surface area contributed by atoms with Gasteiger partial charge in [-0.2, -0.15) is 0 Å². The zero-order valence-corrected chi connectivity index (χ0v) is 17.3. The van der Waals surface area contributed by atoms with Gasteiger partial charge in [-0.25, -0.2) is 4.98 Å². The summed E-state index contributed by atoms with van der Waals surface area (Å²) in [5.74, 6) is 1.04. The maximum atomic E-state index is 4.93. The first-order chi connectivity index (χ1) is 12.1. The van der Waals surface area contributed by atoms with E-state index in [0.29, 0.717) is 0 Å². The van der Waals surface area contributed by atoms with E-state index in [2.05, 4.69) is 101 Å². The lowest BCUT2D eigenvalue weighted by molar-refractivity contribution is 1.13. The van der Waals surface area contributed by atoms with Gasteiger partial charge in [0.25, 0.3) is 0 Å². The Labute approximate surface area is 164 Å². The monoisotopic (exact) mass is 459 g/mol. The number of rotatable bonds is 3. The van der Waals surface area contributed by atoms with E-state index in [4.69, 9.17) is 4.98 Å². The predicted octanol–water partition coefficient (Wildman–Crippen LogP) is 6.34. The molecule has 0 radical (unpaired) electrons. The van der Waals surface area contributed by atoms with Crippen LogP contribution in [0, 0.1) is 24.3 Å². The van der Waals surface area contributed by atoms with Crippen molar-refractivity contribution >= 4 is 50.4 Å². The second-order valence-electron chi connectivity index (χ2n) is 6.18. The summed E-state index contributed by atoms with van der Waals surface area (Å²) in [5, 5.41) is 5.84.